The van der Waals surface area contributed by atoms with Crippen molar-refractivity contribution in [2.24, 2.45) is 0 Å². The highest BCUT2D eigenvalue weighted by molar-refractivity contribution is 7.89. The molecular formula is C10H20N2O4S. The van der Waals surface area contributed by atoms with Gasteiger partial charge in [0.2, 0.25) is 10.0 Å². The van der Waals surface area contributed by atoms with Crippen molar-refractivity contribution in [2.45, 2.75) is 31.1 Å². The van der Waals surface area contributed by atoms with Crippen LogP contribution in [0.15, 0.2) is 0 Å². The van der Waals surface area contributed by atoms with Crippen LogP contribution >= 0.6 is 0 Å². The molecule has 6 nitrogen and oxygen atoms in total. The average Bonchev–Trinajstić information content (AvgIpc) is 2.41. The molecule has 0 bridgehead atoms. The Morgan fingerprint density at radius 2 is 2.06 bits per heavy atom. The van der Waals surface area contributed by atoms with Crippen LogP contribution in [0.1, 0.15) is 25.7 Å². The number of aliphatic carboxylic acids is 1. The van der Waals surface area contributed by atoms with Gasteiger partial charge in [0, 0.05) is 7.05 Å². The van der Waals surface area contributed by atoms with Crippen LogP contribution in [0, 0.1) is 0 Å². The average molecular weight is 264 g/mol. The second kappa shape index (κ2) is 5.79. The molecule has 0 aliphatic carbocycles. The fraction of sp³-hybridized carbons (Fsp3) is 0.900. The molecule has 100 valence electrons. The van der Waals surface area contributed by atoms with Crippen LogP contribution in [0.3, 0.4) is 0 Å². The number of likely N-dealkylation sites (N-methyl/N-ethyl adjacent to an activating group) is 1. The predicted octanol–water partition coefficient (Wildman–Crippen LogP) is 0.165. The number of sulfonamides is 1. The van der Waals surface area contributed by atoms with Crippen LogP contribution in [0.25, 0.3) is 0 Å². The number of rotatable bonds is 4. The maximum Gasteiger partial charge on any atom is 0.318 e. The normalized spacial score (nSPS) is 23.6. The maximum absolute atomic E-state index is 12.2. The Morgan fingerprint density at radius 3 is 2.65 bits per heavy atom. The first-order valence-electron chi connectivity index (χ1n) is 5.73. The highest BCUT2D eigenvalue weighted by Gasteiger charge is 2.34. The maximum atomic E-state index is 12.2. The van der Waals surface area contributed by atoms with E-state index in [4.69, 9.17) is 5.11 Å². The lowest BCUT2D eigenvalue weighted by Crippen LogP contribution is -2.46. The van der Waals surface area contributed by atoms with Gasteiger partial charge in [-0.1, -0.05) is 12.8 Å². The van der Waals surface area contributed by atoms with Crippen molar-refractivity contribution < 1.29 is 18.3 Å². The topological polar surface area (TPSA) is 77.9 Å². The summed E-state index contributed by atoms with van der Waals surface area (Å²) >= 11 is 0. The molecule has 7 heteroatoms. The van der Waals surface area contributed by atoms with Gasteiger partial charge >= 0.3 is 5.97 Å². The second-order valence-corrected chi connectivity index (χ2v) is 6.68. The third kappa shape index (κ3) is 3.65. The number of carbonyl (C=O) groups is 1. The lowest BCUT2D eigenvalue weighted by atomic mass is 10.2. The second-order valence-electron chi connectivity index (χ2n) is 4.48. The fourth-order valence-corrected chi connectivity index (χ4v) is 3.82. The summed E-state index contributed by atoms with van der Waals surface area (Å²) in [5.74, 6) is -1.13. The number of hydrogen-bond acceptors (Lipinski definition) is 4. The van der Waals surface area contributed by atoms with Crippen molar-refractivity contribution in [2.75, 3.05) is 27.2 Å². The molecule has 0 saturated carbocycles. The Kier molecular flexibility index (Phi) is 4.91. The van der Waals surface area contributed by atoms with E-state index in [1.165, 1.54) is 7.05 Å². The van der Waals surface area contributed by atoms with Gasteiger partial charge in [0.15, 0.2) is 0 Å². The van der Waals surface area contributed by atoms with Crippen LogP contribution < -0.4 is 0 Å². The first-order valence-corrected chi connectivity index (χ1v) is 7.23. The molecule has 0 aromatic carbocycles. The van der Waals surface area contributed by atoms with Gasteiger partial charge < -0.3 is 5.11 Å². The molecule has 0 unspecified atom stereocenters. The van der Waals surface area contributed by atoms with Crippen LogP contribution in [0.2, 0.25) is 0 Å². The van der Waals surface area contributed by atoms with Gasteiger partial charge in [0.1, 0.15) is 11.9 Å². The summed E-state index contributed by atoms with van der Waals surface area (Å²) in [6, 6.07) is 0. The largest absolute Gasteiger partial charge is 0.480 e. The van der Waals surface area contributed by atoms with Gasteiger partial charge in [-0.05, 0) is 26.4 Å². The Bertz CT molecular complexity index is 369. The van der Waals surface area contributed by atoms with Gasteiger partial charge in [-0.25, -0.2) is 8.42 Å². The van der Waals surface area contributed by atoms with Gasteiger partial charge in [0.05, 0.1) is 0 Å². The van der Waals surface area contributed by atoms with E-state index in [2.05, 4.69) is 0 Å². The van der Waals surface area contributed by atoms with Crippen LogP contribution in [0.5, 0.6) is 0 Å². The molecule has 1 heterocycles. The van der Waals surface area contributed by atoms with Crippen molar-refractivity contribution in [3.05, 3.63) is 0 Å². The van der Waals surface area contributed by atoms with E-state index >= 15 is 0 Å². The first kappa shape index (κ1) is 14.4. The highest BCUT2D eigenvalue weighted by atomic mass is 32.2. The molecule has 1 aliphatic rings. The summed E-state index contributed by atoms with van der Waals surface area (Å²) in [6.07, 6.45) is 3.46. The standard InChI is InChI=1S/C10H20N2O4S/c1-11-7-5-3-4-6-9(11)17(15,16)12(2)8-10(13)14/h9H,3-8H2,1-2H3,(H,13,14)/t9-/m0/s1. The zero-order chi connectivity index (χ0) is 13.1. The van der Waals surface area contributed by atoms with Gasteiger partial charge in [-0.3, -0.25) is 9.69 Å². The lowest BCUT2D eigenvalue weighted by Gasteiger charge is -2.29. The van der Waals surface area contributed by atoms with Crippen molar-refractivity contribution in [1.29, 1.82) is 0 Å². The van der Waals surface area contributed by atoms with E-state index in [9.17, 15) is 13.2 Å². The molecule has 1 fully saturated rings. The minimum absolute atomic E-state index is 0.479. The van der Waals surface area contributed by atoms with E-state index in [1.54, 1.807) is 11.9 Å². The van der Waals surface area contributed by atoms with E-state index in [0.717, 1.165) is 30.1 Å². The molecule has 0 amide bonds. The van der Waals surface area contributed by atoms with E-state index in [0.29, 0.717) is 6.42 Å². The summed E-state index contributed by atoms with van der Waals surface area (Å²) in [6.45, 7) is 0.261. The lowest BCUT2D eigenvalue weighted by molar-refractivity contribution is -0.137. The van der Waals surface area contributed by atoms with Gasteiger partial charge in [0.25, 0.3) is 0 Å². The molecule has 1 rings (SSSR count). The zero-order valence-corrected chi connectivity index (χ0v) is 11.1. The third-order valence-corrected chi connectivity index (χ3v) is 5.37. The number of carboxylic acids is 1. The van der Waals surface area contributed by atoms with Crippen molar-refractivity contribution in [3.8, 4) is 0 Å². The predicted molar refractivity (Wildman–Crippen MR) is 64.1 cm³/mol. The van der Waals surface area contributed by atoms with Crippen molar-refractivity contribution >= 4 is 16.0 Å². The number of likely N-dealkylation sites (tertiary alicyclic amines) is 1. The molecule has 1 aliphatic heterocycles. The van der Waals surface area contributed by atoms with Crippen LogP contribution in [-0.4, -0.2) is 61.3 Å². The molecule has 1 atom stereocenters. The zero-order valence-electron chi connectivity index (χ0n) is 10.3. The fourth-order valence-electron chi connectivity index (χ4n) is 2.09. The Labute approximate surface area is 102 Å². The summed E-state index contributed by atoms with van der Waals surface area (Å²) in [4.78, 5) is 12.4. The molecule has 0 aromatic rings. The number of hydrogen-bond donors (Lipinski definition) is 1. The molecule has 1 N–H and O–H groups in total. The number of carboxylic acid groups (broad SMARTS) is 1. The molecule has 0 radical (unpaired) electrons. The Hall–Kier alpha value is -0.660. The van der Waals surface area contributed by atoms with Crippen molar-refractivity contribution in [3.63, 3.8) is 0 Å². The van der Waals surface area contributed by atoms with Crippen LogP contribution in [-0.2, 0) is 14.8 Å². The third-order valence-electron chi connectivity index (χ3n) is 3.09. The monoisotopic (exact) mass is 264 g/mol. The molecule has 0 aromatic heterocycles. The Morgan fingerprint density at radius 1 is 1.41 bits per heavy atom. The minimum Gasteiger partial charge on any atom is -0.480 e. The van der Waals surface area contributed by atoms with E-state index in [1.807, 2.05) is 0 Å². The molecular weight excluding hydrogens is 244 g/mol. The quantitative estimate of drug-likeness (QED) is 0.783. The minimum atomic E-state index is -3.55. The molecule has 1 saturated heterocycles. The smallest absolute Gasteiger partial charge is 0.318 e. The van der Waals surface area contributed by atoms with Crippen molar-refractivity contribution in [1.82, 2.24) is 9.21 Å². The summed E-state index contributed by atoms with van der Waals surface area (Å²) in [5.41, 5.74) is 0. The van der Waals surface area contributed by atoms with Gasteiger partial charge in [-0.2, -0.15) is 4.31 Å². The highest BCUT2D eigenvalue weighted by Crippen LogP contribution is 2.21. The Balaban J connectivity index is 2.83. The first-order chi connectivity index (χ1) is 7.85. The SMILES string of the molecule is CN1CCCCC[C@@H]1S(=O)(=O)N(C)CC(=O)O. The van der Waals surface area contributed by atoms with E-state index < -0.39 is 27.9 Å². The van der Waals surface area contributed by atoms with E-state index in [-0.39, 0.29) is 0 Å². The molecule has 17 heavy (non-hydrogen) atoms. The number of nitrogens with zero attached hydrogens (tertiary/aromatic N) is 2. The van der Waals surface area contributed by atoms with Crippen LogP contribution in [0.4, 0.5) is 0 Å². The summed E-state index contributed by atoms with van der Waals surface area (Å²) < 4.78 is 25.3. The van der Waals surface area contributed by atoms with Gasteiger partial charge in [-0.15, -0.1) is 0 Å². The summed E-state index contributed by atoms with van der Waals surface area (Å²) in [7, 11) is -0.450. The molecule has 0 spiro atoms. The summed E-state index contributed by atoms with van der Waals surface area (Å²) in [5, 5.41) is 8.06.